The van der Waals surface area contributed by atoms with Gasteiger partial charge in [-0.3, -0.25) is 19.4 Å². The van der Waals surface area contributed by atoms with Gasteiger partial charge in [-0.15, -0.1) is 0 Å². The fourth-order valence-electron chi connectivity index (χ4n) is 3.35. The molecule has 3 rings (SSSR count). The van der Waals surface area contributed by atoms with Gasteiger partial charge < -0.3 is 0 Å². The van der Waals surface area contributed by atoms with Crippen molar-refractivity contribution in [3.63, 3.8) is 0 Å². The average Bonchev–Trinajstić information content (AvgIpc) is 3.13. The van der Waals surface area contributed by atoms with Gasteiger partial charge in [0.1, 0.15) is 5.84 Å². The molecule has 5 heteroatoms. The van der Waals surface area contributed by atoms with E-state index in [1.54, 1.807) is 11.9 Å². The molecule has 31 heavy (non-hydrogen) atoms. The van der Waals surface area contributed by atoms with Crippen LogP contribution in [0.1, 0.15) is 55.7 Å². The zero-order valence-corrected chi connectivity index (χ0v) is 19.4. The Morgan fingerprint density at radius 3 is 2.29 bits per heavy atom. The minimum Gasteiger partial charge on any atom is -0.300 e. The van der Waals surface area contributed by atoms with E-state index in [-0.39, 0.29) is 11.4 Å². The standard InChI is InChI=1S/C26H32N4O/c1-7-26(4,5)27-20(3)29(6)25(31)24-18-30(28-19(24)2)17-21-13-15-23(16-14-21)22-11-9-8-10-12-22/h8-16,18H,7,17H2,1-6H3/b27-20+. The zero-order valence-electron chi connectivity index (χ0n) is 19.4. The quantitative estimate of drug-likeness (QED) is 0.389. The highest BCUT2D eigenvalue weighted by Gasteiger charge is 2.21. The topological polar surface area (TPSA) is 50.5 Å². The van der Waals surface area contributed by atoms with Crippen LogP contribution in [-0.4, -0.2) is 39.0 Å². The minimum atomic E-state index is -0.191. The summed E-state index contributed by atoms with van der Waals surface area (Å²) in [6.07, 6.45) is 2.74. The van der Waals surface area contributed by atoms with Gasteiger partial charge in [0.05, 0.1) is 23.3 Å². The Balaban J connectivity index is 1.74. The molecular formula is C26H32N4O. The Bertz CT molecular complexity index is 1060. The van der Waals surface area contributed by atoms with Crippen molar-refractivity contribution in [2.75, 3.05) is 7.05 Å². The van der Waals surface area contributed by atoms with Crippen LogP contribution < -0.4 is 0 Å². The van der Waals surface area contributed by atoms with E-state index in [1.807, 2.05) is 42.9 Å². The second kappa shape index (κ2) is 9.29. The minimum absolute atomic E-state index is 0.0867. The van der Waals surface area contributed by atoms with Crippen LogP contribution in [0.2, 0.25) is 0 Å². The van der Waals surface area contributed by atoms with Crippen LogP contribution in [0.3, 0.4) is 0 Å². The first-order chi connectivity index (χ1) is 14.7. The smallest absolute Gasteiger partial charge is 0.262 e. The molecular weight excluding hydrogens is 384 g/mol. The molecule has 0 bridgehead atoms. The summed E-state index contributed by atoms with van der Waals surface area (Å²) in [7, 11) is 1.77. The number of aromatic nitrogens is 2. The number of hydrogen-bond acceptors (Lipinski definition) is 3. The summed E-state index contributed by atoms with van der Waals surface area (Å²) < 4.78 is 1.83. The summed E-state index contributed by atoms with van der Waals surface area (Å²) >= 11 is 0. The summed E-state index contributed by atoms with van der Waals surface area (Å²) in [5.41, 5.74) is 4.65. The largest absolute Gasteiger partial charge is 0.300 e. The SMILES string of the molecule is CCC(C)(C)/N=C(\C)N(C)C(=O)c1cn(Cc2ccc(-c3ccccc3)cc2)nc1C. The molecule has 5 nitrogen and oxygen atoms in total. The maximum Gasteiger partial charge on any atom is 0.262 e. The summed E-state index contributed by atoms with van der Waals surface area (Å²) in [4.78, 5) is 19.4. The highest BCUT2D eigenvalue weighted by atomic mass is 16.2. The van der Waals surface area contributed by atoms with Gasteiger partial charge in [-0.25, -0.2) is 0 Å². The Hall–Kier alpha value is -3.21. The first-order valence-corrected chi connectivity index (χ1v) is 10.7. The number of amidine groups is 1. The molecule has 3 aromatic rings. The number of aliphatic imine (C=N–C) groups is 1. The normalized spacial score (nSPS) is 12.1. The van der Waals surface area contributed by atoms with E-state index in [2.05, 4.69) is 62.3 Å². The molecule has 0 atom stereocenters. The lowest BCUT2D eigenvalue weighted by Gasteiger charge is -2.23. The number of hydrogen-bond donors (Lipinski definition) is 0. The van der Waals surface area contributed by atoms with Crippen LogP contribution >= 0.6 is 0 Å². The number of carbonyl (C=O) groups is 1. The van der Waals surface area contributed by atoms with Crippen LogP contribution in [0.15, 0.2) is 65.8 Å². The molecule has 0 unspecified atom stereocenters. The number of carbonyl (C=O) groups excluding carboxylic acids is 1. The second-order valence-corrected chi connectivity index (χ2v) is 8.58. The molecule has 162 valence electrons. The highest BCUT2D eigenvalue weighted by molar-refractivity contribution is 6.06. The lowest BCUT2D eigenvalue weighted by Crippen LogP contribution is -2.34. The molecule has 0 aliphatic carbocycles. The molecule has 1 amide bonds. The molecule has 2 aromatic carbocycles. The van der Waals surface area contributed by atoms with Gasteiger partial charge in [0, 0.05) is 13.2 Å². The number of amides is 1. The zero-order chi connectivity index (χ0) is 22.6. The molecule has 1 heterocycles. The van der Waals surface area contributed by atoms with Crippen LogP contribution in [0, 0.1) is 6.92 Å². The maximum absolute atomic E-state index is 13.0. The maximum atomic E-state index is 13.0. The second-order valence-electron chi connectivity index (χ2n) is 8.58. The molecule has 0 saturated carbocycles. The van der Waals surface area contributed by atoms with Crippen LogP contribution in [0.4, 0.5) is 0 Å². The van der Waals surface area contributed by atoms with Crippen molar-refractivity contribution in [2.24, 2.45) is 4.99 Å². The van der Waals surface area contributed by atoms with Crippen molar-refractivity contribution in [2.45, 2.75) is 53.1 Å². The van der Waals surface area contributed by atoms with E-state index in [0.29, 0.717) is 17.9 Å². The summed E-state index contributed by atoms with van der Waals surface area (Å²) in [6.45, 7) is 10.6. The molecule has 0 N–H and O–H groups in total. The van der Waals surface area contributed by atoms with Crippen LogP contribution in [-0.2, 0) is 6.54 Å². The number of benzene rings is 2. The average molecular weight is 417 g/mol. The highest BCUT2D eigenvalue weighted by Crippen LogP contribution is 2.20. The van der Waals surface area contributed by atoms with Gasteiger partial charge in [-0.1, -0.05) is 61.5 Å². The molecule has 0 spiro atoms. The summed E-state index contributed by atoms with van der Waals surface area (Å²) in [6, 6.07) is 18.8. The van der Waals surface area contributed by atoms with Gasteiger partial charge in [-0.05, 0) is 50.8 Å². The lowest BCUT2D eigenvalue weighted by atomic mass is 10.0. The van der Waals surface area contributed by atoms with E-state index < -0.39 is 0 Å². The summed E-state index contributed by atoms with van der Waals surface area (Å²) in [5.74, 6) is 0.622. The van der Waals surface area contributed by atoms with Crippen LogP contribution in [0.25, 0.3) is 11.1 Å². The van der Waals surface area contributed by atoms with Crippen molar-refractivity contribution < 1.29 is 4.79 Å². The van der Waals surface area contributed by atoms with Crippen molar-refractivity contribution in [1.82, 2.24) is 14.7 Å². The first-order valence-electron chi connectivity index (χ1n) is 10.7. The third kappa shape index (κ3) is 5.48. The molecule has 0 fully saturated rings. The van der Waals surface area contributed by atoms with Gasteiger partial charge in [0.15, 0.2) is 0 Å². The van der Waals surface area contributed by atoms with Crippen molar-refractivity contribution in [3.8, 4) is 11.1 Å². The van der Waals surface area contributed by atoms with Crippen molar-refractivity contribution >= 4 is 11.7 Å². The van der Waals surface area contributed by atoms with E-state index in [9.17, 15) is 4.79 Å². The van der Waals surface area contributed by atoms with Crippen molar-refractivity contribution in [3.05, 3.63) is 77.6 Å². The predicted octanol–water partition coefficient (Wildman–Crippen LogP) is 5.59. The summed E-state index contributed by atoms with van der Waals surface area (Å²) in [5, 5.41) is 4.57. The van der Waals surface area contributed by atoms with Crippen LogP contribution in [0.5, 0.6) is 0 Å². The van der Waals surface area contributed by atoms with E-state index in [1.165, 1.54) is 11.1 Å². The Kier molecular flexibility index (Phi) is 6.74. The van der Waals surface area contributed by atoms with Gasteiger partial charge in [0.25, 0.3) is 5.91 Å². The third-order valence-electron chi connectivity index (χ3n) is 5.70. The van der Waals surface area contributed by atoms with Gasteiger partial charge in [0.2, 0.25) is 0 Å². The lowest BCUT2D eigenvalue weighted by molar-refractivity contribution is 0.0868. The monoisotopic (exact) mass is 416 g/mol. The third-order valence-corrected chi connectivity index (χ3v) is 5.70. The van der Waals surface area contributed by atoms with E-state index >= 15 is 0 Å². The Morgan fingerprint density at radius 1 is 1.06 bits per heavy atom. The first kappa shape index (κ1) is 22.5. The van der Waals surface area contributed by atoms with E-state index in [0.717, 1.165) is 17.7 Å². The number of nitrogens with zero attached hydrogens (tertiary/aromatic N) is 4. The Labute approximate surface area is 185 Å². The fraction of sp³-hybridized carbons (Fsp3) is 0.346. The van der Waals surface area contributed by atoms with Crippen molar-refractivity contribution in [1.29, 1.82) is 0 Å². The van der Waals surface area contributed by atoms with E-state index in [4.69, 9.17) is 4.99 Å². The fourth-order valence-corrected chi connectivity index (χ4v) is 3.35. The molecule has 1 aromatic heterocycles. The van der Waals surface area contributed by atoms with Gasteiger partial charge in [-0.2, -0.15) is 5.10 Å². The predicted molar refractivity (Wildman–Crippen MR) is 128 cm³/mol. The number of rotatable bonds is 6. The van der Waals surface area contributed by atoms with Gasteiger partial charge >= 0.3 is 0 Å². The molecule has 0 radical (unpaired) electrons. The number of aryl methyl sites for hydroxylation is 1. The molecule has 0 aliphatic rings. The molecule has 0 saturated heterocycles. The molecule has 0 aliphatic heterocycles. The Morgan fingerprint density at radius 2 is 1.68 bits per heavy atom.